The molecule has 0 spiro atoms. The van der Waals surface area contributed by atoms with Crippen molar-refractivity contribution in [1.29, 1.82) is 0 Å². The third-order valence-corrected chi connectivity index (χ3v) is 4.60. The van der Waals surface area contributed by atoms with Gasteiger partial charge in [-0.05, 0) is 37.5 Å². The monoisotopic (exact) mass is 319 g/mol. The molecule has 1 N–H and O–H groups in total. The Balaban J connectivity index is 1.78. The third-order valence-electron chi connectivity index (χ3n) is 3.87. The van der Waals surface area contributed by atoms with E-state index >= 15 is 0 Å². The maximum Gasteiger partial charge on any atom is 0.108 e. The Morgan fingerprint density at radius 3 is 3.00 bits per heavy atom. The van der Waals surface area contributed by atoms with E-state index in [4.69, 9.17) is 4.42 Å². The van der Waals surface area contributed by atoms with Gasteiger partial charge in [0, 0.05) is 28.5 Å². The van der Waals surface area contributed by atoms with Crippen LogP contribution < -0.4 is 5.32 Å². The fourth-order valence-corrected chi connectivity index (χ4v) is 3.51. The van der Waals surface area contributed by atoms with E-state index in [1.54, 1.807) is 0 Å². The van der Waals surface area contributed by atoms with Gasteiger partial charge in [-0.25, -0.2) is 0 Å². The molecule has 19 heavy (non-hydrogen) atoms. The Morgan fingerprint density at radius 1 is 1.32 bits per heavy atom. The number of aryl methyl sites for hydroxylation is 1. The summed E-state index contributed by atoms with van der Waals surface area (Å²) in [6.07, 6.45) is 5.26. The van der Waals surface area contributed by atoms with E-state index in [9.17, 15) is 0 Å². The number of benzene rings is 1. The summed E-state index contributed by atoms with van der Waals surface area (Å²) in [5.41, 5.74) is 2.64. The van der Waals surface area contributed by atoms with Crippen molar-refractivity contribution in [3.05, 3.63) is 58.0 Å². The Hall–Kier alpha value is -1.06. The van der Waals surface area contributed by atoms with Crippen LogP contribution >= 0.6 is 15.9 Å². The van der Waals surface area contributed by atoms with E-state index in [1.165, 1.54) is 28.4 Å². The molecule has 2 nitrogen and oxygen atoms in total. The minimum absolute atomic E-state index is 0.321. The van der Waals surface area contributed by atoms with Gasteiger partial charge in [0.1, 0.15) is 5.76 Å². The molecule has 1 aromatic heterocycles. The molecule has 3 rings (SSSR count). The number of furan rings is 1. The summed E-state index contributed by atoms with van der Waals surface area (Å²) in [5, 5.41) is 3.73. The molecule has 0 amide bonds. The van der Waals surface area contributed by atoms with Gasteiger partial charge in [-0.2, -0.15) is 0 Å². The molecule has 0 fully saturated rings. The predicted molar refractivity (Wildman–Crippen MR) is 80.1 cm³/mol. The second-order valence-corrected chi connectivity index (χ2v) is 6.01. The molecule has 1 heterocycles. The smallest absolute Gasteiger partial charge is 0.108 e. The zero-order chi connectivity index (χ0) is 13.2. The van der Waals surface area contributed by atoms with Crippen LogP contribution in [0.1, 0.15) is 48.7 Å². The highest BCUT2D eigenvalue weighted by molar-refractivity contribution is 9.10. The molecule has 0 saturated heterocycles. The first-order valence-electron chi connectivity index (χ1n) is 6.82. The van der Waals surface area contributed by atoms with Crippen molar-refractivity contribution in [3.63, 3.8) is 0 Å². The molecule has 100 valence electrons. The molecule has 2 atom stereocenters. The van der Waals surface area contributed by atoms with E-state index < -0.39 is 0 Å². The fraction of sp³-hybridized carbons (Fsp3) is 0.375. The van der Waals surface area contributed by atoms with Crippen molar-refractivity contribution < 1.29 is 4.42 Å². The summed E-state index contributed by atoms with van der Waals surface area (Å²) in [6.45, 7) is 2.22. The van der Waals surface area contributed by atoms with Crippen molar-refractivity contribution in [2.45, 2.75) is 38.3 Å². The molecule has 1 aliphatic rings. The number of hydrogen-bond acceptors (Lipinski definition) is 2. The summed E-state index contributed by atoms with van der Waals surface area (Å²) in [7, 11) is 0. The number of fused-ring (bicyclic) bond motifs is 1. The summed E-state index contributed by atoms with van der Waals surface area (Å²) in [5.74, 6) is 1.16. The van der Waals surface area contributed by atoms with E-state index in [1.807, 2.05) is 6.26 Å². The van der Waals surface area contributed by atoms with Crippen molar-refractivity contribution in [1.82, 2.24) is 5.32 Å². The van der Waals surface area contributed by atoms with Crippen LogP contribution in [0.25, 0.3) is 0 Å². The number of hydrogen-bond donors (Lipinski definition) is 1. The van der Waals surface area contributed by atoms with Crippen LogP contribution in [-0.2, 0) is 6.42 Å². The predicted octanol–water partition coefficient (Wildman–Crippen LogP) is 4.77. The summed E-state index contributed by atoms with van der Waals surface area (Å²) < 4.78 is 6.71. The van der Waals surface area contributed by atoms with Gasteiger partial charge >= 0.3 is 0 Å². The molecule has 2 unspecified atom stereocenters. The Morgan fingerprint density at radius 2 is 2.16 bits per heavy atom. The fourth-order valence-electron chi connectivity index (χ4n) is 2.88. The van der Waals surface area contributed by atoms with Crippen molar-refractivity contribution in [2.24, 2.45) is 0 Å². The van der Waals surface area contributed by atoms with Crippen LogP contribution in [0, 0.1) is 0 Å². The SMILES string of the molecule is CC(NC1CCCc2occc21)c1ccccc1Br. The second-order valence-electron chi connectivity index (χ2n) is 5.15. The lowest BCUT2D eigenvalue weighted by Crippen LogP contribution is -2.27. The van der Waals surface area contributed by atoms with Gasteiger partial charge in [0.05, 0.1) is 6.26 Å². The third kappa shape index (κ3) is 2.63. The number of rotatable bonds is 3. The lowest BCUT2D eigenvalue weighted by atomic mass is 9.92. The molecule has 0 aliphatic heterocycles. The normalized spacial score (nSPS) is 20.0. The quantitative estimate of drug-likeness (QED) is 0.881. The van der Waals surface area contributed by atoms with E-state index in [2.05, 4.69) is 58.5 Å². The van der Waals surface area contributed by atoms with Gasteiger partial charge in [-0.1, -0.05) is 34.1 Å². The first-order chi connectivity index (χ1) is 9.25. The number of nitrogens with one attached hydrogen (secondary N) is 1. The molecular formula is C16H18BrNO. The summed E-state index contributed by atoms with van der Waals surface area (Å²) in [6, 6.07) is 11.2. The average molecular weight is 320 g/mol. The van der Waals surface area contributed by atoms with Gasteiger partial charge < -0.3 is 9.73 Å². The minimum atomic E-state index is 0.321. The molecule has 1 aliphatic carbocycles. The molecule has 0 bridgehead atoms. The van der Waals surface area contributed by atoms with E-state index in [0.29, 0.717) is 12.1 Å². The van der Waals surface area contributed by atoms with Crippen LogP contribution in [-0.4, -0.2) is 0 Å². The van der Waals surface area contributed by atoms with Crippen LogP contribution in [0.5, 0.6) is 0 Å². The Kier molecular flexibility index (Phi) is 3.76. The minimum Gasteiger partial charge on any atom is -0.469 e. The van der Waals surface area contributed by atoms with Crippen LogP contribution in [0.15, 0.2) is 45.5 Å². The summed E-state index contributed by atoms with van der Waals surface area (Å²) >= 11 is 3.63. The van der Waals surface area contributed by atoms with Crippen molar-refractivity contribution in [2.75, 3.05) is 0 Å². The standard InChI is InChI=1S/C16H18BrNO/c1-11(12-5-2-3-6-14(12)17)18-15-7-4-8-16-13(15)9-10-19-16/h2-3,5-6,9-11,15,18H,4,7-8H2,1H3. The highest BCUT2D eigenvalue weighted by atomic mass is 79.9. The molecule has 0 radical (unpaired) electrons. The van der Waals surface area contributed by atoms with Gasteiger partial charge in [0.25, 0.3) is 0 Å². The maximum atomic E-state index is 5.55. The first kappa shape index (κ1) is 12.9. The highest BCUT2D eigenvalue weighted by Crippen LogP contribution is 2.33. The molecular weight excluding hydrogens is 302 g/mol. The van der Waals surface area contributed by atoms with E-state index in [-0.39, 0.29) is 0 Å². The number of halogens is 1. The molecule has 2 aromatic rings. The molecule has 3 heteroatoms. The highest BCUT2D eigenvalue weighted by Gasteiger charge is 2.24. The van der Waals surface area contributed by atoms with Crippen LogP contribution in [0.4, 0.5) is 0 Å². The topological polar surface area (TPSA) is 25.2 Å². The largest absolute Gasteiger partial charge is 0.469 e. The Bertz CT molecular complexity index is 563. The van der Waals surface area contributed by atoms with Crippen molar-refractivity contribution >= 4 is 15.9 Å². The molecule has 1 aromatic carbocycles. The molecule has 0 saturated carbocycles. The lowest BCUT2D eigenvalue weighted by Gasteiger charge is -2.27. The summed E-state index contributed by atoms with van der Waals surface area (Å²) in [4.78, 5) is 0. The van der Waals surface area contributed by atoms with Crippen LogP contribution in [0.2, 0.25) is 0 Å². The zero-order valence-electron chi connectivity index (χ0n) is 11.0. The van der Waals surface area contributed by atoms with Crippen molar-refractivity contribution in [3.8, 4) is 0 Å². The first-order valence-corrected chi connectivity index (χ1v) is 7.62. The second kappa shape index (κ2) is 5.51. The van der Waals surface area contributed by atoms with Gasteiger partial charge in [0.2, 0.25) is 0 Å². The van der Waals surface area contributed by atoms with Gasteiger partial charge in [-0.15, -0.1) is 0 Å². The Labute approximate surface area is 122 Å². The maximum absolute atomic E-state index is 5.55. The van der Waals surface area contributed by atoms with Gasteiger partial charge in [0.15, 0.2) is 0 Å². The lowest BCUT2D eigenvalue weighted by molar-refractivity contribution is 0.385. The van der Waals surface area contributed by atoms with Gasteiger partial charge in [-0.3, -0.25) is 0 Å². The van der Waals surface area contributed by atoms with Crippen LogP contribution in [0.3, 0.4) is 0 Å². The van der Waals surface area contributed by atoms with E-state index in [0.717, 1.165) is 12.2 Å². The average Bonchev–Trinajstić information content (AvgIpc) is 2.88. The zero-order valence-corrected chi connectivity index (χ0v) is 12.6.